The quantitative estimate of drug-likeness (QED) is 0.800. The van der Waals surface area contributed by atoms with Gasteiger partial charge in [-0.3, -0.25) is 0 Å². The number of nitrogens with two attached hydrogens (primary N) is 1. The summed E-state index contributed by atoms with van der Waals surface area (Å²) in [5.41, 5.74) is 5.53. The smallest absolute Gasteiger partial charge is 0.260 e. The highest BCUT2D eigenvalue weighted by Gasteiger charge is 2.22. The molecule has 0 aliphatic rings. The van der Waals surface area contributed by atoms with Crippen molar-refractivity contribution in [2.45, 2.75) is 24.9 Å². The highest BCUT2D eigenvalue weighted by Crippen LogP contribution is 2.15. The molecule has 3 N–H and O–H groups in total. The number of hydrogen-bond donors (Lipinski definition) is 2. The van der Waals surface area contributed by atoms with Gasteiger partial charge in [0.15, 0.2) is 10.8 Å². The van der Waals surface area contributed by atoms with E-state index in [9.17, 15) is 8.42 Å². The second-order valence-corrected chi connectivity index (χ2v) is 5.63. The molecule has 0 atom stereocenters. The molecule has 19 heavy (non-hydrogen) atoms. The third-order valence-electron chi connectivity index (χ3n) is 2.53. The summed E-state index contributed by atoms with van der Waals surface area (Å²) in [6.45, 7) is 1.89. The Balaban J connectivity index is 2.14. The van der Waals surface area contributed by atoms with Gasteiger partial charge in [0.2, 0.25) is 5.89 Å². The van der Waals surface area contributed by atoms with Crippen molar-refractivity contribution in [3.63, 3.8) is 0 Å². The van der Waals surface area contributed by atoms with E-state index in [0.717, 1.165) is 0 Å². The van der Waals surface area contributed by atoms with Crippen molar-refractivity contribution in [3.05, 3.63) is 24.2 Å². The lowest BCUT2D eigenvalue weighted by Crippen LogP contribution is -2.26. The molecular weight excluding hydrogens is 270 g/mol. The number of nitrogens with one attached hydrogen (secondary N) is 1. The first-order chi connectivity index (χ1) is 8.94. The van der Waals surface area contributed by atoms with Crippen LogP contribution >= 0.6 is 0 Å². The third kappa shape index (κ3) is 2.76. The molecule has 0 fully saturated rings. The number of sulfonamides is 1. The standard InChI is InChI=1S/C10H15N5O3S/c1-3-7-4-12-8(18-7)5-14-19(16,17)10-9(11)13-6-15(10)2/h4,6,14H,3,5,11H2,1-2H3. The van der Waals surface area contributed by atoms with Crippen molar-refractivity contribution in [3.8, 4) is 0 Å². The summed E-state index contributed by atoms with van der Waals surface area (Å²) in [5, 5.41) is -0.0743. The molecule has 0 saturated heterocycles. The monoisotopic (exact) mass is 285 g/mol. The minimum atomic E-state index is -3.75. The topological polar surface area (TPSA) is 116 Å². The normalized spacial score (nSPS) is 11.9. The number of hydrogen-bond acceptors (Lipinski definition) is 6. The number of aromatic nitrogens is 3. The molecule has 9 heteroatoms. The van der Waals surface area contributed by atoms with Crippen LogP contribution in [-0.2, 0) is 30.0 Å². The minimum Gasteiger partial charge on any atom is -0.444 e. The number of oxazole rings is 1. The van der Waals surface area contributed by atoms with E-state index in [1.54, 1.807) is 13.2 Å². The van der Waals surface area contributed by atoms with Crippen LogP contribution in [0.2, 0.25) is 0 Å². The molecule has 2 rings (SSSR count). The van der Waals surface area contributed by atoms with Crippen LogP contribution in [0.15, 0.2) is 22.0 Å². The molecule has 0 bridgehead atoms. The number of anilines is 1. The highest BCUT2D eigenvalue weighted by atomic mass is 32.2. The molecular formula is C10H15N5O3S. The predicted molar refractivity (Wildman–Crippen MR) is 67.5 cm³/mol. The molecule has 2 aromatic heterocycles. The number of nitrogen functional groups attached to an aromatic ring is 1. The number of nitrogens with zero attached hydrogens (tertiary/aromatic N) is 3. The van der Waals surface area contributed by atoms with Crippen LogP contribution in [0.4, 0.5) is 5.82 Å². The summed E-state index contributed by atoms with van der Waals surface area (Å²) in [5.74, 6) is 0.965. The fourth-order valence-electron chi connectivity index (χ4n) is 1.58. The Morgan fingerprint density at radius 2 is 2.21 bits per heavy atom. The Hall–Kier alpha value is -1.87. The lowest BCUT2D eigenvalue weighted by molar-refractivity contribution is 0.451. The van der Waals surface area contributed by atoms with E-state index < -0.39 is 10.0 Å². The molecule has 8 nitrogen and oxygen atoms in total. The van der Waals surface area contributed by atoms with Crippen molar-refractivity contribution in [1.29, 1.82) is 0 Å². The van der Waals surface area contributed by atoms with Crippen LogP contribution in [0, 0.1) is 0 Å². The second kappa shape index (κ2) is 5.02. The molecule has 2 aromatic rings. The number of rotatable bonds is 5. The Bertz CT molecular complexity index is 654. The Morgan fingerprint density at radius 1 is 1.47 bits per heavy atom. The lowest BCUT2D eigenvalue weighted by Gasteiger charge is -2.06. The second-order valence-electron chi connectivity index (χ2n) is 3.94. The molecule has 0 saturated carbocycles. The van der Waals surface area contributed by atoms with Crippen LogP contribution in [-0.4, -0.2) is 23.0 Å². The van der Waals surface area contributed by atoms with Gasteiger partial charge >= 0.3 is 0 Å². The van der Waals surface area contributed by atoms with Crippen LogP contribution in [0.25, 0.3) is 0 Å². The number of aryl methyl sites for hydroxylation is 2. The van der Waals surface area contributed by atoms with E-state index in [0.29, 0.717) is 18.1 Å². The van der Waals surface area contributed by atoms with Crippen molar-refractivity contribution < 1.29 is 12.8 Å². The Kier molecular flexibility index (Phi) is 3.58. The highest BCUT2D eigenvalue weighted by molar-refractivity contribution is 7.89. The average Bonchev–Trinajstić information content (AvgIpc) is 2.94. The van der Waals surface area contributed by atoms with E-state index >= 15 is 0 Å². The summed E-state index contributed by atoms with van der Waals surface area (Å²) in [6.07, 6.45) is 3.61. The summed E-state index contributed by atoms with van der Waals surface area (Å²) < 4.78 is 33.2. The van der Waals surface area contributed by atoms with Gasteiger partial charge in [0, 0.05) is 13.5 Å². The van der Waals surface area contributed by atoms with Crippen molar-refractivity contribution in [2.24, 2.45) is 7.05 Å². The molecule has 0 amide bonds. The fourth-order valence-corrected chi connectivity index (χ4v) is 2.79. The van der Waals surface area contributed by atoms with E-state index in [2.05, 4.69) is 14.7 Å². The number of imidazole rings is 1. The van der Waals surface area contributed by atoms with Gasteiger partial charge in [0.05, 0.1) is 19.1 Å². The molecule has 0 aromatic carbocycles. The van der Waals surface area contributed by atoms with Crippen molar-refractivity contribution in [1.82, 2.24) is 19.3 Å². The van der Waals surface area contributed by atoms with Crippen LogP contribution in [0.5, 0.6) is 0 Å². The molecule has 104 valence electrons. The molecule has 2 heterocycles. The van der Waals surface area contributed by atoms with E-state index in [4.69, 9.17) is 10.2 Å². The maximum absolute atomic E-state index is 12.1. The maximum atomic E-state index is 12.1. The van der Waals surface area contributed by atoms with Gasteiger partial charge < -0.3 is 14.7 Å². The summed E-state index contributed by atoms with van der Waals surface area (Å²) >= 11 is 0. The zero-order valence-corrected chi connectivity index (χ0v) is 11.4. The first-order valence-electron chi connectivity index (χ1n) is 5.64. The Labute approximate surface area is 110 Å². The van der Waals surface area contributed by atoms with Gasteiger partial charge in [-0.25, -0.2) is 23.1 Å². The van der Waals surface area contributed by atoms with Crippen molar-refractivity contribution >= 4 is 15.8 Å². The molecule has 0 aliphatic heterocycles. The summed E-state index contributed by atoms with van der Waals surface area (Å²) in [6, 6.07) is 0. The minimum absolute atomic E-state index is 0.0348. The van der Waals surface area contributed by atoms with Gasteiger partial charge in [0.1, 0.15) is 5.76 Å². The van der Waals surface area contributed by atoms with Crippen LogP contribution in [0.1, 0.15) is 18.6 Å². The fraction of sp³-hybridized carbons (Fsp3) is 0.400. The average molecular weight is 285 g/mol. The first kappa shape index (κ1) is 13.6. The van der Waals surface area contributed by atoms with Gasteiger partial charge in [-0.2, -0.15) is 0 Å². The summed E-state index contributed by atoms with van der Waals surface area (Å²) in [4.78, 5) is 7.71. The van der Waals surface area contributed by atoms with E-state index in [-0.39, 0.29) is 17.4 Å². The predicted octanol–water partition coefficient (Wildman–Crippen LogP) is 0.0312. The Morgan fingerprint density at radius 3 is 2.74 bits per heavy atom. The molecule has 0 spiro atoms. The summed E-state index contributed by atoms with van der Waals surface area (Å²) in [7, 11) is -2.19. The van der Waals surface area contributed by atoms with E-state index in [1.807, 2.05) is 6.92 Å². The van der Waals surface area contributed by atoms with Gasteiger partial charge in [-0.15, -0.1) is 0 Å². The third-order valence-corrected chi connectivity index (χ3v) is 4.06. The maximum Gasteiger partial charge on any atom is 0.260 e. The molecule has 0 aliphatic carbocycles. The van der Waals surface area contributed by atoms with Gasteiger partial charge in [0.25, 0.3) is 10.0 Å². The largest absolute Gasteiger partial charge is 0.444 e. The molecule has 0 radical (unpaired) electrons. The van der Waals surface area contributed by atoms with Gasteiger partial charge in [-0.1, -0.05) is 6.92 Å². The lowest BCUT2D eigenvalue weighted by atomic mass is 10.4. The SMILES string of the molecule is CCc1cnc(CNS(=O)(=O)c2c(N)ncn2C)o1. The van der Waals surface area contributed by atoms with Crippen LogP contribution < -0.4 is 10.5 Å². The van der Waals surface area contributed by atoms with Crippen molar-refractivity contribution in [2.75, 3.05) is 5.73 Å². The first-order valence-corrected chi connectivity index (χ1v) is 7.12. The van der Waals surface area contributed by atoms with E-state index in [1.165, 1.54) is 10.9 Å². The molecule has 0 unspecified atom stereocenters. The van der Waals surface area contributed by atoms with Crippen LogP contribution in [0.3, 0.4) is 0 Å². The zero-order chi connectivity index (χ0) is 14.0. The zero-order valence-electron chi connectivity index (χ0n) is 10.6. The van der Waals surface area contributed by atoms with Gasteiger partial charge in [-0.05, 0) is 0 Å².